The zero-order valence-electron chi connectivity index (χ0n) is 20.0. The van der Waals surface area contributed by atoms with Crippen LogP contribution in [0.25, 0.3) is 11.1 Å². The SMILES string of the molecule is C#Cc1cc(-c2ccccc2)ccc1C(=O)Nc1ccccc1S(=O)(=O)NC(=O)c1ccc(C(F)(F)F)cc1. The molecule has 0 aliphatic heterocycles. The molecule has 2 N–H and O–H groups in total. The molecule has 4 aromatic carbocycles. The zero-order chi connectivity index (χ0) is 28.2. The molecule has 0 aliphatic carbocycles. The number of hydrogen-bond acceptors (Lipinski definition) is 4. The average Bonchev–Trinajstić information content (AvgIpc) is 2.92. The molecule has 0 atom stereocenters. The molecule has 39 heavy (non-hydrogen) atoms. The largest absolute Gasteiger partial charge is 0.416 e. The van der Waals surface area contributed by atoms with E-state index in [0.717, 1.165) is 23.3 Å². The molecule has 196 valence electrons. The highest BCUT2D eigenvalue weighted by molar-refractivity contribution is 7.90. The summed E-state index contributed by atoms with van der Waals surface area (Å²) in [5, 5.41) is 2.51. The van der Waals surface area contributed by atoms with Crippen LogP contribution in [0.2, 0.25) is 0 Å². The molecule has 10 heteroatoms. The van der Waals surface area contributed by atoms with Gasteiger partial charge in [-0.15, -0.1) is 6.42 Å². The summed E-state index contributed by atoms with van der Waals surface area (Å²) < 4.78 is 66.2. The third-order valence-electron chi connectivity index (χ3n) is 5.65. The minimum Gasteiger partial charge on any atom is -0.321 e. The number of amides is 2. The van der Waals surface area contributed by atoms with Crippen molar-refractivity contribution < 1.29 is 31.2 Å². The maximum Gasteiger partial charge on any atom is 0.416 e. The number of rotatable bonds is 6. The number of carbonyl (C=O) groups excluding carboxylic acids is 2. The van der Waals surface area contributed by atoms with Crippen molar-refractivity contribution in [1.29, 1.82) is 0 Å². The van der Waals surface area contributed by atoms with E-state index in [1.807, 2.05) is 35.1 Å². The van der Waals surface area contributed by atoms with Gasteiger partial charge in [-0.2, -0.15) is 13.2 Å². The molecular weight excluding hydrogens is 529 g/mol. The lowest BCUT2D eigenvalue weighted by Gasteiger charge is -2.14. The van der Waals surface area contributed by atoms with E-state index in [1.165, 1.54) is 30.3 Å². The van der Waals surface area contributed by atoms with E-state index in [2.05, 4.69) is 11.2 Å². The number of alkyl halides is 3. The van der Waals surface area contributed by atoms with Gasteiger partial charge in [0, 0.05) is 11.1 Å². The topological polar surface area (TPSA) is 92.3 Å². The van der Waals surface area contributed by atoms with Gasteiger partial charge in [0.25, 0.3) is 21.8 Å². The van der Waals surface area contributed by atoms with Crippen molar-refractivity contribution in [3.8, 4) is 23.5 Å². The van der Waals surface area contributed by atoms with E-state index in [9.17, 15) is 31.2 Å². The Balaban J connectivity index is 1.57. The van der Waals surface area contributed by atoms with E-state index >= 15 is 0 Å². The molecule has 0 saturated carbocycles. The molecule has 0 fully saturated rings. The smallest absolute Gasteiger partial charge is 0.321 e. The minimum atomic E-state index is -4.61. The summed E-state index contributed by atoms with van der Waals surface area (Å²) >= 11 is 0. The Morgan fingerprint density at radius 2 is 1.41 bits per heavy atom. The van der Waals surface area contributed by atoms with Gasteiger partial charge in [-0.25, -0.2) is 13.1 Å². The number of nitrogens with one attached hydrogen (secondary N) is 2. The van der Waals surface area contributed by atoms with Crippen LogP contribution in [0, 0.1) is 12.3 Å². The van der Waals surface area contributed by atoms with Gasteiger partial charge in [0.05, 0.1) is 16.8 Å². The van der Waals surface area contributed by atoms with Gasteiger partial charge in [0.2, 0.25) is 0 Å². The predicted octanol–water partition coefficient (Wildman–Crippen LogP) is 5.72. The monoisotopic (exact) mass is 548 g/mol. The normalized spacial score (nSPS) is 11.3. The van der Waals surface area contributed by atoms with Crippen molar-refractivity contribution in [3.63, 3.8) is 0 Å². The van der Waals surface area contributed by atoms with Crippen molar-refractivity contribution >= 4 is 27.5 Å². The molecule has 4 aromatic rings. The molecule has 4 rings (SSSR count). The molecule has 0 unspecified atom stereocenters. The van der Waals surface area contributed by atoms with Crippen molar-refractivity contribution in [3.05, 3.63) is 119 Å². The lowest BCUT2D eigenvalue weighted by atomic mass is 9.99. The molecule has 2 amide bonds. The van der Waals surface area contributed by atoms with Crippen LogP contribution >= 0.6 is 0 Å². The summed E-state index contributed by atoms with van der Waals surface area (Å²) in [4.78, 5) is 25.2. The van der Waals surface area contributed by atoms with Gasteiger partial charge in [-0.3, -0.25) is 9.59 Å². The highest BCUT2D eigenvalue weighted by atomic mass is 32.2. The molecule has 0 radical (unpaired) electrons. The van der Waals surface area contributed by atoms with Gasteiger partial charge in [0.1, 0.15) is 4.90 Å². The van der Waals surface area contributed by atoms with Crippen LogP contribution in [-0.4, -0.2) is 20.2 Å². The van der Waals surface area contributed by atoms with Gasteiger partial charge >= 0.3 is 6.18 Å². The molecule has 0 saturated heterocycles. The molecule has 0 aliphatic rings. The van der Waals surface area contributed by atoms with E-state index in [0.29, 0.717) is 12.1 Å². The highest BCUT2D eigenvalue weighted by Gasteiger charge is 2.30. The first-order valence-corrected chi connectivity index (χ1v) is 12.8. The molecule has 0 heterocycles. The van der Waals surface area contributed by atoms with Gasteiger partial charge in [0.15, 0.2) is 0 Å². The van der Waals surface area contributed by atoms with E-state index in [-0.39, 0.29) is 22.4 Å². The first-order chi connectivity index (χ1) is 18.5. The number of para-hydroxylation sites is 1. The minimum absolute atomic E-state index is 0.123. The van der Waals surface area contributed by atoms with E-state index in [1.54, 1.807) is 12.1 Å². The Kier molecular flexibility index (Phi) is 7.56. The number of anilines is 1. The predicted molar refractivity (Wildman–Crippen MR) is 140 cm³/mol. The Bertz CT molecular complexity index is 1690. The quantitative estimate of drug-likeness (QED) is 0.301. The number of sulfonamides is 1. The van der Waals surface area contributed by atoms with Crippen LogP contribution in [0.4, 0.5) is 18.9 Å². The molecule has 6 nitrogen and oxygen atoms in total. The fourth-order valence-corrected chi connectivity index (χ4v) is 4.85. The Hall–Kier alpha value is -4.88. The van der Waals surface area contributed by atoms with E-state index < -0.39 is 38.5 Å². The number of carbonyl (C=O) groups is 2. The molecular formula is C29H19F3N2O4S. The second kappa shape index (κ2) is 10.8. The standard InChI is InChI=1S/C29H19F3N2O4S/c1-2-19-18-22(20-8-4-3-5-9-20)14-17-24(19)28(36)33-25-10-6-7-11-26(25)39(37,38)34-27(35)21-12-15-23(16-13-21)29(30,31)32/h1,3-18H,(H,33,36)(H,34,35). The summed E-state index contributed by atoms with van der Waals surface area (Å²) in [6.07, 6.45) is 1.02. The summed E-state index contributed by atoms with van der Waals surface area (Å²) in [6.45, 7) is 0. The number of hydrogen-bond donors (Lipinski definition) is 2. The Morgan fingerprint density at radius 3 is 2.05 bits per heavy atom. The van der Waals surface area contributed by atoms with Crippen molar-refractivity contribution in [1.82, 2.24) is 4.72 Å². The van der Waals surface area contributed by atoms with Crippen molar-refractivity contribution in [2.45, 2.75) is 11.1 Å². The summed E-state index contributed by atoms with van der Waals surface area (Å²) in [6, 6.07) is 22.7. The Morgan fingerprint density at radius 1 is 0.769 bits per heavy atom. The zero-order valence-corrected chi connectivity index (χ0v) is 20.8. The van der Waals surface area contributed by atoms with Crippen LogP contribution in [0.1, 0.15) is 31.8 Å². The average molecular weight is 549 g/mol. The third kappa shape index (κ3) is 6.17. The van der Waals surface area contributed by atoms with E-state index in [4.69, 9.17) is 6.42 Å². The fourth-order valence-electron chi connectivity index (χ4n) is 3.71. The lowest BCUT2D eigenvalue weighted by Crippen LogP contribution is -2.31. The first-order valence-electron chi connectivity index (χ1n) is 11.3. The van der Waals surface area contributed by atoms with Crippen LogP contribution in [-0.2, 0) is 16.2 Å². The summed E-state index contributed by atoms with van der Waals surface area (Å²) in [5.41, 5.74) is 0.659. The second-order valence-electron chi connectivity index (χ2n) is 8.23. The number of halogens is 3. The van der Waals surface area contributed by atoms with Crippen molar-refractivity contribution in [2.75, 3.05) is 5.32 Å². The molecule has 0 aromatic heterocycles. The lowest BCUT2D eigenvalue weighted by molar-refractivity contribution is -0.137. The third-order valence-corrected chi connectivity index (χ3v) is 7.04. The summed E-state index contributed by atoms with van der Waals surface area (Å²) in [7, 11) is -4.54. The summed E-state index contributed by atoms with van der Waals surface area (Å²) in [5.74, 6) is 0.644. The van der Waals surface area contributed by atoms with Crippen LogP contribution in [0.5, 0.6) is 0 Å². The second-order valence-corrected chi connectivity index (χ2v) is 9.88. The molecule has 0 bridgehead atoms. The maximum absolute atomic E-state index is 13.1. The van der Waals surface area contributed by atoms with Gasteiger partial charge < -0.3 is 5.32 Å². The van der Waals surface area contributed by atoms with Crippen LogP contribution in [0.3, 0.4) is 0 Å². The first kappa shape index (κ1) is 27.2. The number of terminal acetylenes is 1. The van der Waals surface area contributed by atoms with Gasteiger partial charge in [-0.05, 0) is 59.7 Å². The van der Waals surface area contributed by atoms with Crippen molar-refractivity contribution in [2.24, 2.45) is 0 Å². The number of benzene rings is 4. The van der Waals surface area contributed by atoms with Crippen LogP contribution < -0.4 is 10.0 Å². The molecule has 0 spiro atoms. The maximum atomic E-state index is 13.1. The van der Waals surface area contributed by atoms with Crippen LogP contribution in [0.15, 0.2) is 102 Å². The Labute approximate surface area is 222 Å². The van der Waals surface area contributed by atoms with Gasteiger partial charge in [-0.1, -0.05) is 54.5 Å². The highest BCUT2D eigenvalue weighted by Crippen LogP contribution is 2.29. The fraction of sp³-hybridized carbons (Fsp3) is 0.0345.